The van der Waals surface area contributed by atoms with Crippen LogP contribution < -0.4 is 5.73 Å². The number of phosphoric acid groups is 1. The van der Waals surface area contributed by atoms with Crippen LogP contribution >= 0.6 is 7.82 Å². The van der Waals surface area contributed by atoms with Crippen LogP contribution in [0, 0.1) is 0 Å². The van der Waals surface area contributed by atoms with Crippen molar-refractivity contribution in [3.8, 4) is 0 Å². The fraction of sp³-hybridized carbons (Fsp3) is 0.795. The molecule has 0 spiro atoms. The van der Waals surface area contributed by atoms with E-state index in [1.165, 1.54) is 77.0 Å². The van der Waals surface area contributed by atoms with E-state index in [9.17, 15) is 19.0 Å². The monoisotopic (exact) mass is 729 g/mol. The fourth-order valence-electron chi connectivity index (χ4n) is 5.15. The number of unbranched alkanes of at least 4 members (excludes halogenated alkanes) is 17. The first kappa shape index (κ1) is 48.2. The van der Waals surface area contributed by atoms with Crippen molar-refractivity contribution in [1.29, 1.82) is 0 Å². The minimum atomic E-state index is -4.61. The van der Waals surface area contributed by atoms with E-state index >= 15 is 0 Å². The Hall–Kier alpha value is -1.81. The number of carboxylic acid groups (broad SMARTS) is 1. The molecule has 10 nitrogen and oxygen atoms in total. The van der Waals surface area contributed by atoms with Crippen LogP contribution in [-0.4, -0.2) is 60.5 Å². The van der Waals surface area contributed by atoms with Crippen molar-refractivity contribution < 1.29 is 42.7 Å². The molecule has 0 saturated heterocycles. The number of carboxylic acids is 1. The van der Waals surface area contributed by atoms with Crippen LogP contribution in [0.3, 0.4) is 0 Å². The van der Waals surface area contributed by atoms with Gasteiger partial charge in [0.1, 0.15) is 12.1 Å². The summed E-state index contributed by atoms with van der Waals surface area (Å²) in [6.07, 6.45) is 37.6. The Morgan fingerprint density at radius 3 is 1.74 bits per heavy atom. The van der Waals surface area contributed by atoms with Crippen molar-refractivity contribution in [2.45, 2.75) is 174 Å². The Labute approximate surface area is 304 Å². The van der Waals surface area contributed by atoms with E-state index in [1.807, 2.05) is 0 Å². The molecule has 50 heavy (non-hydrogen) atoms. The Morgan fingerprint density at radius 1 is 0.660 bits per heavy atom. The molecule has 4 N–H and O–H groups in total. The molecule has 0 aromatic carbocycles. The number of esters is 1. The van der Waals surface area contributed by atoms with Crippen LogP contribution in [0.4, 0.5) is 0 Å². The number of nitrogens with two attached hydrogens (primary N) is 1. The van der Waals surface area contributed by atoms with E-state index in [0.29, 0.717) is 13.0 Å². The molecule has 3 unspecified atom stereocenters. The first-order valence-corrected chi connectivity index (χ1v) is 21.0. The molecule has 0 aromatic heterocycles. The number of carbonyl (C=O) groups is 2. The minimum absolute atomic E-state index is 0.00971. The molecule has 0 aromatic rings. The van der Waals surface area contributed by atoms with E-state index in [1.54, 1.807) is 0 Å². The molecule has 0 aliphatic carbocycles. The molecule has 0 amide bonds. The fourth-order valence-corrected chi connectivity index (χ4v) is 5.92. The van der Waals surface area contributed by atoms with Gasteiger partial charge in [-0.25, -0.2) is 4.57 Å². The second-order valence-corrected chi connectivity index (χ2v) is 14.5. The number of hydrogen-bond donors (Lipinski definition) is 3. The first-order chi connectivity index (χ1) is 24.2. The van der Waals surface area contributed by atoms with Crippen molar-refractivity contribution >= 4 is 19.8 Å². The Kier molecular flexibility index (Phi) is 34.3. The summed E-state index contributed by atoms with van der Waals surface area (Å²) in [6, 6.07) is -1.47. The number of phosphoric ester groups is 1. The lowest BCUT2D eigenvalue weighted by Crippen LogP contribution is -2.34. The molecule has 0 bridgehead atoms. The van der Waals surface area contributed by atoms with Crippen molar-refractivity contribution in [1.82, 2.24) is 0 Å². The third kappa shape index (κ3) is 34.6. The molecule has 0 saturated carbocycles. The van der Waals surface area contributed by atoms with Gasteiger partial charge in [0, 0.05) is 13.0 Å². The zero-order valence-corrected chi connectivity index (χ0v) is 32.4. The predicted octanol–water partition coefficient (Wildman–Crippen LogP) is 10.1. The summed E-state index contributed by atoms with van der Waals surface area (Å²) in [4.78, 5) is 33.4. The smallest absolute Gasteiger partial charge is 0.472 e. The summed E-state index contributed by atoms with van der Waals surface area (Å²) in [6.45, 7) is 3.73. The van der Waals surface area contributed by atoms with Gasteiger partial charge in [0.25, 0.3) is 0 Å². The third-order valence-corrected chi connectivity index (χ3v) is 9.13. The average molecular weight is 730 g/mol. The standard InChI is InChI=1S/C39H72NO9P/c1-3-5-7-9-11-13-15-17-18-19-20-22-24-26-28-30-32-46-33-36(34-47-50(44,45)48-35-37(40)39(42)43)49-38(41)31-29-27-25-23-21-16-14-12-10-8-6-4-2/h5,7,11,13,17-18,36-37H,3-4,6,8-10,12,14-16,19-35,40H2,1-2H3,(H,42,43)(H,44,45)/b7-5-,13-11-,18-17-. The molecule has 0 rings (SSSR count). The summed E-state index contributed by atoms with van der Waals surface area (Å²) in [5.41, 5.74) is 5.34. The topological polar surface area (TPSA) is 155 Å². The van der Waals surface area contributed by atoms with E-state index in [0.717, 1.165) is 57.8 Å². The molecule has 0 heterocycles. The van der Waals surface area contributed by atoms with Crippen LogP contribution in [0.25, 0.3) is 0 Å². The lowest BCUT2D eigenvalue weighted by atomic mass is 10.0. The first-order valence-electron chi connectivity index (χ1n) is 19.5. The predicted molar refractivity (Wildman–Crippen MR) is 203 cm³/mol. The van der Waals surface area contributed by atoms with Crippen molar-refractivity contribution in [3.05, 3.63) is 36.5 Å². The molecule has 0 aliphatic rings. The largest absolute Gasteiger partial charge is 0.480 e. The van der Waals surface area contributed by atoms with Crippen LogP contribution in [0.1, 0.15) is 162 Å². The second-order valence-electron chi connectivity index (χ2n) is 13.0. The van der Waals surface area contributed by atoms with Crippen LogP contribution in [0.2, 0.25) is 0 Å². The highest BCUT2D eigenvalue weighted by Crippen LogP contribution is 2.43. The van der Waals surface area contributed by atoms with Crippen LogP contribution in [-0.2, 0) is 32.7 Å². The summed E-state index contributed by atoms with van der Waals surface area (Å²) in [5.74, 6) is -1.78. The SMILES string of the molecule is CC/C=C\C/C=C\C/C=C\CCCCCCCCOCC(COP(=O)(O)OCC(N)C(=O)O)OC(=O)CCCCCCCCCCCCCC. The maximum atomic E-state index is 12.6. The van der Waals surface area contributed by atoms with E-state index in [4.69, 9.17) is 29.4 Å². The zero-order valence-electron chi connectivity index (χ0n) is 31.5. The van der Waals surface area contributed by atoms with Gasteiger partial charge in [0.2, 0.25) is 0 Å². The molecule has 0 fully saturated rings. The van der Waals surface area contributed by atoms with Crippen molar-refractivity contribution in [2.75, 3.05) is 26.4 Å². The van der Waals surface area contributed by atoms with Gasteiger partial charge in [-0.05, 0) is 44.9 Å². The van der Waals surface area contributed by atoms with Crippen molar-refractivity contribution in [3.63, 3.8) is 0 Å². The highest BCUT2D eigenvalue weighted by molar-refractivity contribution is 7.47. The van der Waals surface area contributed by atoms with Crippen LogP contribution in [0.15, 0.2) is 36.5 Å². The summed E-state index contributed by atoms with van der Waals surface area (Å²) >= 11 is 0. The summed E-state index contributed by atoms with van der Waals surface area (Å²) in [5, 5.41) is 8.87. The van der Waals surface area contributed by atoms with E-state index < -0.39 is 45.1 Å². The molecular weight excluding hydrogens is 657 g/mol. The van der Waals surface area contributed by atoms with Crippen molar-refractivity contribution in [2.24, 2.45) is 5.73 Å². The molecule has 11 heteroatoms. The van der Waals surface area contributed by atoms with Crippen LogP contribution in [0.5, 0.6) is 0 Å². The maximum Gasteiger partial charge on any atom is 0.472 e. The quantitative estimate of drug-likeness (QED) is 0.0243. The van der Waals surface area contributed by atoms with Gasteiger partial charge in [-0.1, -0.05) is 147 Å². The average Bonchev–Trinajstić information content (AvgIpc) is 3.09. The van der Waals surface area contributed by atoms with Gasteiger partial charge in [-0.2, -0.15) is 0 Å². The Bertz CT molecular complexity index is 941. The van der Waals surface area contributed by atoms with Gasteiger partial charge < -0.3 is 25.2 Å². The van der Waals surface area contributed by atoms with E-state index in [2.05, 4.69) is 50.3 Å². The number of allylic oxidation sites excluding steroid dienone is 6. The normalized spacial score (nSPS) is 14.5. The minimum Gasteiger partial charge on any atom is -0.480 e. The highest BCUT2D eigenvalue weighted by Gasteiger charge is 2.27. The highest BCUT2D eigenvalue weighted by atomic mass is 31.2. The summed E-state index contributed by atoms with van der Waals surface area (Å²) < 4.78 is 33.2. The van der Waals surface area contributed by atoms with Gasteiger partial charge in [-0.15, -0.1) is 0 Å². The second kappa shape index (κ2) is 35.6. The number of aliphatic carboxylic acids is 1. The number of rotatable bonds is 37. The molecule has 292 valence electrons. The lowest BCUT2D eigenvalue weighted by Gasteiger charge is -2.20. The number of ether oxygens (including phenoxy) is 2. The molecule has 0 aliphatic heterocycles. The lowest BCUT2D eigenvalue weighted by molar-refractivity contribution is -0.154. The Morgan fingerprint density at radius 2 is 1.16 bits per heavy atom. The zero-order chi connectivity index (χ0) is 37.0. The Balaban J connectivity index is 4.30. The summed E-state index contributed by atoms with van der Waals surface area (Å²) in [7, 11) is -4.61. The van der Waals surface area contributed by atoms with Gasteiger partial charge in [0.15, 0.2) is 0 Å². The third-order valence-electron chi connectivity index (χ3n) is 8.18. The maximum absolute atomic E-state index is 12.6. The molecule has 3 atom stereocenters. The molecule has 0 radical (unpaired) electrons. The number of carbonyl (C=O) groups excluding carboxylic acids is 1. The van der Waals surface area contributed by atoms with Gasteiger partial charge in [0.05, 0.1) is 19.8 Å². The molecular formula is C39H72NO9P. The number of hydrogen-bond acceptors (Lipinski definition) is 8. The van der Waals surface area contributed by atoms with Gasteiger partial charge >= 0.3 is 19.8 Å². The van der Waals surface area contributed by atoms with E-state index in [-0.39, 0.29) is 13.0 Å². The van der Waals surface area contributed by atoms with Gasteiger partial charge in [-0.3, -0.25) is 18.6 Å².